The van der Waals surface area contributed by atoms with Gasteiger partial charge >= 0.3 is 0 Å². The summed E-state index contributed by atoms with van der Waals surface area (Å²) in [6, 6.07) is 6.59. The first kappa shape index (κ1) is 20.3. The topological polar surface area (TPSA) is 76.3 Å². The van der Waals surface area contributed by atoms with Gasteiger partial charge < -0.3 is 9.84 Å². The van der Waals surface area contributed by atoms with E-state index in [4.69, 9.17) is 4.74 Å². The molecule has 31 heavy (non-hydrogen) atoms. The number of nitrogens with zero attached hydrogens (tertiary/aromatic N) is 5. The van der Waals surface area contributed by atoms with Gasteiger partial charge in [0.25, 0.3) is 5.19 Å². The quantitative estimate of drug-likeness (QED) is 0.657. The molecule has 2 aromatic heterocycles. The second-order valence-electron chi connectivity index (χ2n) is 8.27. The minimum absolute atomic E-state index is 0.0411. The van der Waals surface area contributed by atoms with Crippen LogP contribution < -0.4 is 4.74 Å². The zero-order valence-electron chi connectivity index (χ0n) is 17.2. The molecular formula is C21H23F2N5O2S. The minimum Gasteiger partial charge on any atom is -0.507 e. The monoisotopic (exact) mass is 447 g/mol. The summed E-state index contributed by atoms with van der Waals surface area (Å²) in [7, 11) is 1.85. The molecule has 10 heteroatoms. The molecule has 5 atom stereocenters. The van der Waals surface area contributed by atoms with Gasteiger partial charge in [-0.15, -0.1) is 5.10 Å². The number of fused-ring (bicyclic) bond motifs is 2. The Kier molecular flexibility index (Phi) is 5.13. The maximum Gasteiger partial charge on any atom is 0.294 e. The Labute approximate surface area is 182 Å². The van der Waals surface area contributed by atoms with Crippen LogP contribution in [-0.2, 0) is 0 Å². The van der Waals surface area contributed by atoms with Gasteiger partial charge in [0, 0.05) is 37.2 Å². The molecule has 1 aromatic carbocycles. The molecule has 2 aliphatic rings. The van der Waals surface area contributed by atoms with Crippen molar-refractivity contribution in [2.75, 3.05) is 7.05 Å². The second kappa shape index (κ2) is 7.83. The van der Waals surface area contributed by atoms with E-state index in [0.717, 1.165) is 11.4 Å². The second-order valence-corrected chi connectivity index (χ2v) is 9.21. The summed E-state index contributed by atoms with van der Waals surface area (Å²) < 4.78 is 35.9. The number of hydrogen-bond donors (Lipinski definition) is 1. The van der Waals surface area contributed by atoms with E-state index >= 15 is 0 Å². The summed E-state index contributed by atoms with van der Waals surface area (Å²) in [6.45, 7) is 1.90. The van der Waals surface area contributed by atoms with Crippen molar-refractivity contribution in [3.05, 3.63) is 36.2 Å². The Balaban J connectivity index is 1.31. The molecule has 0 spiro atoms. The maximum atomic E-state index is 14.3. The SMILES string of the molecule is Cc1ccn(-c2ccc(-c3nnc(OC4CC5CC(F)C(F)C(C4)N5C)s3)c(O)c2)n1. The van der Waals surface area contributed by atoms with Crippen molar-refractivity contribution >= 4 is 11.3 Å². The number of aromatic hydroxyl groups is 1. The predicted octanol–water partition coefficient (Wildman–Crippen LogP) is 3.69. The molecule has 2 fully saturated rings. The van der Waals surface area contributed by atoms with Crippen LogP contribution in [0.2, 0.25) is 0 Å². The van der Waals surface area contributed by atoms with Crippen LogP contribution in [0.25, 0.3) is 16.3 Å². The number of alkyl halides is 2. The van der Waals surface area contributed by atoms with E-state index < -0.39 is 18.4 Å². The third-order valence-corrected chi connectivity index (χ3v) is 7.07. The van der Waals surface area contributed by atoms with Gasteiger partial charge in [-0.3, -0.25) is 4.90 Å². The summed E-state index contributed by atoms with van der Waals surface area (Å²) in [5.41, 5.74) is 2.16. The Hall–Kier alpha value is -2.59. The molecule has 0 aliphatic carbocycles. The zero-order valence-corrected chi connectivity index (χ0v) is 18.0. The average molecular weight is 448 g/mol. The Morgan fingerprint density at radius 2 is 2.00 bits per heavy atom. The van der Waals surface area contributed by atoms with E-state index in [9.17, 15) is 13.9 Å². The number of ether oxygens (including phenoxy) is 1. The molecule has 1 N–H and O–H groups in total. The smallest absolute Gasteiger partial charge is 0.294 e. The van der Waals surface area contributed by atoms with Gasteiger partial charge in [-0.1, -0.05) is 16.4 Å². The van der Waals surface area contributed by atoms with Crippen molar-refractivity contribution in [1.82, 2.24) is 24.9 Å². The van der Waals surface area contributed by atoms with Crippen molar-refractivity contribution in [3.63, 3.8) is 0 Å². The van der Waals surface area contributed by atoms with Gasteiger partial charge in [0.1, 0.15) is 24.2 Å². The molecule has 3 aromatic rings. The molecule has 0 amide bonds. The molecule has 5 rings (SSSR count). The van der Waals surface area contributed by atoms with Crippen LogP contribution in [0.15, 0.2) is 30.5 Å². The van der Waals surface area contributed by atoms with E-state index in [1.807, 2.05) is 37.2 Å². The molecule has 0 saturated carbocycles. The van der Waals surface area contributed by atoms with Crippen molar-refractivity contribution in [1.29, 1.82) is 0 Å². The van der Waals surface area contributed by atoms with E-state index in [0.29, 0.717) is 28.6 Å². The molecule has 2 bridgehead atoms. The number of benzene rings is 1. The molecule has 2 aliphatic heterocycles. The van der Waals surface area contributed by atoms with Crippen LogP contribution in [0, 0.1) is 6.92 Å². The van der Waals surface area contributed by atoms with Gasteiger partial charge in [0.05, 0.1) is 16.9 Å². The molecule has 0 radical (unpaired) electrons. The van der Waals surface area contributed by atoms with Crippen LogP contribution in [-0.4, -0.2) is 67.6 Å². The number of aromatic nitrogens is 4. The van der Waals surface area contributed by atoms with Gasteiger partial charge in [-0.25, -0.2) is 13.5 Å². The highest BCUT2D eigenvalue weighted by molar-refractivity contribution is 7.16. The highest BCUT2D eigenvalue weighted by Crippen LogP contribution is 2.39. The summed E-state index contributed by atoms with van der Waals surface area (Å²) >= 11 is 1.22. The van der Waals surface area contributed by atoms with Crippen LogP contribution >= 0.6 is 11.3 Å². The van der Waals surface area contributed by atoms with Crippen LogP contribution in [0.5, 0.6) is 10.9 Å². The van der Waals surface area contributed by atoms with Crippen molar-refractivity contribution < 1.29 is 18.6 Å². The summed E-state index contributed by atoms with van der Waals surface area (Å²) in [6.07, 6.45) is -0.0958. The van der Waals surface area contributed by atoms with Crippen LogP contribution in [0.4, 0.5) is 8.78 Å². The molecule has 164 valence electrons. The third kappa shape index (κ3) is 3.78. The Morgan fingerprint density at radius 3 is 2.74 bits per heavy atom. The standard InChI is InChI=1S/C21H23F2N5O2S/c1-11-5-6-28(26-11)12-3-4-15(18(29)9-12)20-24-25-21(31-20)30-14-7-13-8-16(22)19(23)17(10-14)27(13)2/h3-6,9,13-14,16-17,19,29H,7-8,10H2,1-2H3. The average Bonchev–Trinajstić information content (AvgIpc) is 3.37. The van der Waals surface area contributed by atoms with Gasteiger partial charge in [0.2, 0.25) is 0 Å². The third-order valence-electron chi connectivity index (χ3n) is 6.22. The van der Waals surface area contributed by atoms with E-state index in [1.54, 1.807) is 16.8 Å². The molecular weight excluding hydrogens is 424 g/mol. The number of piperidine rings is 2. The van der Waals surface area contributed by atoms with Crippen molar-refractivity contribution in [3.8, 4) is 27.2 Å². The Bertz CT molecular complexity index is 1090. The van der Waals surface area contributed by atoms with E-state index in [2.05, 4.69) is 15.3 Å². The number of phenolic OH excluding ortho intramolecular Hbond substituents is 1. The lowest BCUT2D eigenvalue weighted by molar-refractivity contribution is -0.0735. The lowest BCUT2D eigenvalue weighted by Gasteiger charge is -2.48. The lowest BCUT2D eigenvalue weighted by Crippen LogP contribution is -2.60. The van der Waals surface area contributed by atoms with E-state index in [-0.39, 0.29) is 24.3 Å². The fourth-order valence-electron chi connectivity index (χ4n) is 4.53. The van der Waals surface area contributed by atoms with Gasteiger partial charge in [-0.05, 0) is 38.6 Å². The minimum atomic E-state index is -1.49. The lowest BCUT2D eigenvalue weighted by atomic mass is 9.81. The number of aryl methyl sites for hydroxylation is 1. The van der Waals surface area contributed by atoms with Gasteiger partial charge in [-0.2, -0.15) is 5.10 Å². The fourth-order valence-corrected chi connectivity index (χ4v) is 5.32. The first-order valence-electron chi connectivity index (χ1n) is 10.3. The molecule has 4 heterocycles. The first-order valence-corrected chi connectivity index (χ1v) is 11.1. The van der Waals surface area contributed by atoms with Crippen LogP contribution in [0.1, 0.15) is 25.0 Å². The number of rotatable bonds is 4. The van der Waals surface area contributed by atoms with Crippen molar-refractivity contribution in [2.24, 2.45) is 0 Å². The largest absolute Gasteiger partial charge is 0.507 e. The summed E-state index contributed by atoms with van der Waals surface area (Å²) in [5.74, 6) is 0.0661. The van der Waals surface area contributed by atoms with Gasteiger partial charge in [0.15, 0.2) is 5.01 Å². The Morgan fingerprint density at radius 1 is 1.16 bits per heavy atom. The normalized spacial score (nSPS) is 28.6. The zero-order chi connectivity index (χ0) is 21.7. The fraction of sp³-hybridized carbons (Fsp3) is 0.476. The summed E-state index contributed by atoms with van der Waals surface area (Å²) in [4.78, 5) is 1.94. The highest BCUT2D eigenvalue weighted by atomic mass is 32.1. The van der Waals surface area contributed by atoms with Crippen LogP contribution in [0.3, 0.4) is 0 Å². The summed E-state index contributed by atoms with van der Waals surface area (Å²) in [5, 5.41) is 24.0. The maximum absolute atomic E-state index is 14.3. The molecule has 5 unspecified atom stereocenters. The van der Waals surface area contributed by atoms with E-state index in [1.165, 1.54) is 11.3 Å². The number of hydrogen-bond acceptors (Lipinski definition) is 7. The first-order chi connectivity index (χ1) is 14.9. The number of halogens is 2. The predicted molar refractivity (Wildman–Crippen MR) is 112 cm³/mol. The highest BCUT2D eigenvalue weighted by Gasteiger charge is 2.47. The number of phenols is 1. The van der Waals surface area contributed by atoms with Crippen molar-refractivity contribution in [2.45, 2.75) is 56.7 Å². The molecule has 7 nitrogen and oxygen atoms in total. The molecule has 2 saturated heterocycles.